The van der Waals surface area contributed by atoms with E-state index in [1.165, 1.54) is 11.1 Å². The molecular formula is C14H18ClN3. The van der Waals surface area contributed by atoms with Crippen molar-refractivity contribution in [2.24, 2.45) is 0 Å². The summed E-state index contributed by atoms with van der Waals surface area (Å²) in [7, 11) is 0. The van der Waals surface area contributed by atoms with Crippen LogP contribution in [0.2, 0.25) is 5.02 Å². The van der Waals surface area contributed by atoms with Gasteiger partial charge in [-0.2, -0.15) is 5.10 Å². The zero-order valence-corrected chi connectivity index (χ0v) is 11.5. The summed E-state index contributed by atoms with van der Waals surface area (Å²) in [5.41, 5.74) is 2.33. The average Bonchev–Trinajstić information content (AvgIpc) is 2.84. The topological polar surface area (TPSA) is 29.9 Å². The fourth-order valence-corrected chi connectivity index (χ4v) is 2.22. The molecule has 3 nitrogen and oxygen atoms in total. The Morgan fingerprint density at radius 3 is 2.78 bits per heavy atom. The number of rotatable bonds is 5. The first-order chi connectivity index (χ1) is 8.74. The minimum Gasteiger partial charge on any atom is -0.306 e. The van der Waals surface area contributed by atoms with Gasteiger partial charge in [-0.25, -0.2) is 0 Å². The molecule has 0 spiro atoms. The average molecular weight is 264 g/mol. The number of aryl methyl sites for hydroxylation is 1. The Hall–Kier alpha value is -1.32. The number of benzene rings is 1. The zero-order valence-electron chi connectivity index (χ0n) is 10.7. The lowest BCUT2D eigenvalue weighted by Gasteiger charge is -2.17. The predicted octanol–water partition coefficient (Wildman–Crippen LogP) is 3.26. The fraction of sp³-hybridized carbons (Fsp3) is 0.357. The van der Waals surface area contributed by atoms with Crippen LogP contribution in [0.15, 0.2) is 36.7 Å². The van der Waals surface area contributed by atoms with Gasteiger partial charge in [0.1, 0.15) is 0 Å². The minimum absolute atomic E-state index is 0.147. The Kier molecular flexibility index (Phi) is 4.39. The van der Waals surface area contributed by atoms with Crippen LogP contribution in [-0.2, 0) is 6.54 Å². The van der Waals surface area contributed by atoms with E-state index < -0.39 is 0 Å². The van der Waals surface area contributed by atoms with E-state index in [2.05, 4.69) is 36.5 Å². The van der Waals surface area contributed by atoms with Gasteiger partial charge in [-0.05, 0) is 31.2 Å². The van der Waals surface area contributed by atoms with E-state index >= 15 is 0 Å². The van der Waals surface area contributed by atoms with Crippen LogP contribution in [0.25, 0.3) is 0 Å². The number of halogens is 1. The maximum Gasteiger partial charge on any atom is 0.0608 e. The summed E-state index contributed by atoms with van der Waals surface area (Å²) in [6, 6.07) is 8.10. The summed E-state index contributed by atoms with van der Waals surface area (Å²) in [5.74, 6) is 0. The van der Waals surface area contributed by atoms with E-state index in [0.717, 1.165) is 18.1 Å². The lowest BCUT2D eigenvalue weighted by molar-refractivity contribution is 0.625. The van der Waals surface area contributed by atoms with Crippen molar-refractivity contribution in [1.82, 2.24) is 15.1 Å². The highest BCUT2D eigenvalue weighted by molar-refractivity contribution is 6.30. The first kappa shape index (κ1) is 13.1. The summed E-state index contributed by atoms with van der Waals surface area (Å²) in [6.45, 7) is 5.96. The van der Waals surface area contributed by atoms with Crippen molar-refractivity contribution in [3.63, 3.8) is 0 Å². The monoisotopic (exact) mass is 263 g/mol. The molecule has 96 valence electrons. The van der Waals surface area contributed by atoms with Gasteiger partial charge < -0.3 is 5.32 Å². The van der Waals surface area contributed by atoms with Crippen LogP contribution in [0.5, 0.6) is 0 Å². The lowest BCUT2D eigenvalue weighted by Crippen LogP contribution is -2.21. The third-order valence-corrected chi connectivity index (χ3v) is 3.14. The smallest absolute Gasteiger partial charge is 0.0608 e. The SMILES string of the molecule is CCNC(c1cccc(Cl)c1)c1cnn(CC)c1. The van der Waals surface area contributed by atoms with E-state index in [0.29, 0.717) is 0 Å². The van der Waals surface area contributed by atoms with Crippen LogP contribution < -0.4 is 5.32 Å². The molecular weight excluding hydrogens is 246 g/mol. The molecule has 0 amide bonds. The first-order valence-electron chi connectivity index (χ1n) is 6.25. The first-order valence-corrected chi connectivity index (χ1v) is 6.63. The summed E-state index contributed by atoms with van der Waals surface area (Å²) in [4.78, 5) is 0. The summed E-state index contributed by atoms with van der Waals surface area (Å²) < 4.78 is 1.93. The summed E-state index contributed by atoms with van der Waals surface area (Å²) >= 11 is 6.06. The molecule has 2 rings (SSSR count). The maximum atomic E-state index is 6.06. The molecule has 1 aromatic heterocycles. The number of aromatic nitrogens is 2. The molecule has 1 heterocycles. The van der Waals surface area contributed by atoms with E-state index in [1.807, 2.05) is 29.1 Å². The molecule has 0 radical (unpaired) electrons. The second kappa shape index (κ2) is 6.03. The van der Waals surface area contributed by atoms with Crippen LogP contribution in [0.1, 0.15) is 31.0 Å². The van der Waals surface area contributed by atoms with Crippen molar-refractivity contribution in [3.05, 3.63) is 52.8 Å². The Balaban J connectivity index is 2.33. The number of hydrogen-bond donors (Lipinski definition) is 1. The molecule has 0 saturated carbocycles. The number of nitrogens with zero attached hydrogens (tertiary/aromatic N) is 2. The van der Waals surface area contributed by atoms with E-state index in [1.54, 1.807) is 0 Å². The van der Waals surface area contributed by atoms with Gasteiger partial charge in [0, 0.05) is 23.3 Å². The molecule has 0 aliphatic heterocycles. The summed E-state index contributed by atoms with van der Waals surface area (Å²) in [6.07, 6.45) is 3.99. The largest absolute Gasteiger partial charge is 0.306 e. The quantitative estimate of drug-likeness (QED) is 0.897. The molecule has 0 fully saturated rings. The van der Waals surface area contributed by atoms with Gasteiger partial charge in [-0.3, -0.25) is 4.68 Å². The molecule has 1 aromatic carbocycles. The molecule has 4 heteroatoms. The van der Waals surface area contributed by atoms with E-state index in [-0.39, 0.29) is 6.04 Å². The maximum absolute atomic E-state index is 6.06. The van der Waals surface area contributed by atoms with Crippen LogP contribution in [-0.4, -0.2) is 16.3 Å². The Morgan fingerprint density at radius 1 is 1.33 bits per heavy atom. The van der Waals surface area contributed by atoms with Crippen molar-refractivity contribution in [2.45, 2.75) is 26.4 Å². The van der Waals surface area contributed by atoms with Gasteiger partial charge in [0.15, 0.2) is 0 Å². The van der Waals surface area contributed by atoms with Gasteiger partial charge in [-0.15, -0.1) is 0 Å². The molecule has 1 unspecified atom stereocenters. The Morgan fingerprint density at radius 2 is 2.17 bits per heavy atom. The molecule has 0 bridgehead atoms. The van der Waals surface area contributed by atoms with Gasteiger partial charge >= 0.3 is 0 Å². The van der Waals surface area contributed by atoms with Gasteiger partial charge in [0.25, 0.3) is 0 Å². The molecule has 0 saturated heterocycles. The van der Waals surface area contributed by atoms with E-state index in [9.17, 15) is 0 Å². The van der Waals surface area contributed by atoms with Crippen LogP contribution >= 0.6 is 11.6 Å². The van der Waals surface area contributed by atoms with Crippen molar-refractivity contribution < 1.29 is 0 Å². The van der Waals surface area contributed by atoms with Gasteiger partial charge in [0.05, 0.1) is 12.2 Å². The highest BCUT2D eigenvalue weighted by atomic mass is 35.5. The lowest BCUT2D eigenvalue weighted by atomic mass is 10.0. The zero-order chi connectivity index (χ0) is 13.0. The second-order valence-corrected chi connectivity index (χ2v) is 4.61. The van der Waals surface area contributed by atoms with Gasteiger partial charge in [0.2, 0.25) is 0 Å². The normalized spacial score (nSPS) is 12.6. The van der Waals surface area contributed by atoms with Crippen molar-refractivity contribution in [2.75, 3.05) is 6.54 Å². The number of hydrogen-bond acceptors (Lipinski definition) is 2. The van der Waals surface area contributed by atoms with Crippen LogP contribution in [0.3, 0.4) is 0 Å². The molecule has 1 atom stereocenters. The molecule has 0 aliphatic rings. The third-order valence-electron chi connectivity index (χ3n) is 2.90. The van der Waals surface area contributed by atoms with E-state index in [4.69, 9.17) is 11.6 Å². The minimum atomic E-state index is 0.147. The Bertz CT molecular complexity index is 507. The standard InChI is InChI=1S/C14H18ClN3/c1-3-16-14(11-6-5-7-13(15)8-11)12-9-17-18(4-2)10-12/h5-10,14,16H,3-4H2,1-2H3. The Labute approximate surface area is 113 Å². The van der Waals surface area contributed by atoms with Gasteiger partial charge in [-0.1, -0.05) is 30.7 Å². The summed E-state index contributed by atoms with van der Waals surface area (Å²) in [5, 5.41) is 8.56. The molecule has 0 aliphatic carbocycles. The van der Waals surface area contributed by atoms with Crippen molar-refractivity contribution in [1.29, 1.82) is 0 Å². The third kappa shape index (κ3) is 2.92. The van der Waals surface area contributed by atoms with Crippen LogP contribution in [0.4, 0.5) is 0 Å². The van der Waals surface area contributed by atoms with Crippen molar-refractivity contribution >= 4 is 11.6 Å². The molecule has 1 N–H and O–H groups in total. The highest BCUT2D eigenvalue weighted by Gasteiger charge is 2.14. The fourth-order valence-electron chi connectivity index (χ4n) is 2.02. The number of nitrogens with one attached hydrogen (secondary N) is 1. The van der Waals surface area contributed by atoms with Crippen molar-refractivity contribution in [3.8, 4) is 0 Å². The molecule has 18 heavy (non-hydrogen) atoms. The highest BCUT2D eigenvalue weighted by Crippen LogP contribution is 2.24. The molecule has 2 aromatic rings. The van der Waals surface area contributed by atoms with Crippen LogP contribution in [0, 0.1) is 0 Å². The predicted molar refractivity (Wildman–Crippen MR) is 74.9 cm³/mol. The second-order valence-electron chi connectivity index (χ2n) is 4.18.